The summed E-state index contributed by atoms with van der Waals surface area (Å²) < 4.78 is 35.8. The fraction of sp³-hybridized carbons (Fsp3) is 0.155. The van der Waals surface area contributed by atoms with Crippen molar-refractivity contribution in [2.75, 3.05) is 0 Å². The summed E-state index contributed by atoms with van der Waals surface area (Å²) in [5.74, 6) is 3.53. The summed E-state index contributed by atoms with van der Waals surface area (Å²) in [5.41, 5.74) is 25.7. The molecule has 4 N–H and O–H groups in total. The number of aromatic hydroxyl groups is 4. The average molecular weight is 2280 g/mol. The molecule has 670 valence electrons. The van der Waals surface area contributed by atoms with Gasteiger partial charge in [0.25, 0.3) is 0 Å². The van der Waals surface area contributed by atoms with Crippen LogP contribution in [0.4, 0.5) is 0 Å². The van der Waals surface area contributed by atoms with Crippen LogP contribution in [0.5, 0.6) is 46.0 Å². The number of hydrogen-bond donors (Lipinski definition) is 4. The predicted octanol–water partition coefficient (Wildman–Crippen LogP) is 33.4. The van der Waals surface area contributed by atoms with Crippen LogP contribution < -0.4 is 18.9 Å². The fourth-order valence-electron chi connectivity index (χ4n) is 19.1. The van der Waals surface area contributed by atoms with E-state index < -0.39 is 0 Å². The molecule has 20 aromatic rings. The van der Waals surface area contributed by atoms with Crippen molar-refractivity contribution in [2.24, 2.45) is 0 Å². The molecule has 0 aliphatic carbocycles. The number of phenolic OH excluding ortho intramolecular Hbond substituents is 4. The van der Waals surface area contributed by atoms with Crippen molar-refractivity contribution in [3.8, 4) is 113 Å². The Bertz CT molecular complexity index is 6660. The molecular weight excluding hydrogens is 2180 g/mol. The van der Waals surface area contributed by atoms with E-state index in [9.17, 15) is 20.4 Å². The minimum atomic E-state index is -0.353. The summed E-state index contributed by atoms with van der Waals surface area (Å²) in [4.78, 5) is 0. The number of rotatable bonds is 20. The van der Waals surface area contributed by atoms with Gasteiger partial charge in [-0.05, 0) is 251 Å². The number of halogens is 4. The molecule has 4 heterocycles. The zero-order valence-corrected chi connectivity index (χ0v) is 88.1. The van der Waals surface area contributed by atoms with Gasteiger partial charge >= 0.3 is 89.9 Å². The zero-order valence-electron chi connectivity index (χ0n) is 77.0. The maximum Gasteiger partial charge on any atom is 2.00 e. The maximum absolute atomic E-state index is 12.2. The van der Waals surface area contributed by atoms with Crippen molar-refractivity contribution in [1.29, 1.82) is 0 Å². The Morgan fingerprint density at radius 1 is 0.233 bits per heavy atom. The standard InChI is InChI=1S/2C57H50N2O4.2CH3.I4.Zr/c2*1-34-23-25-54(44(27-34)46-29-36(3)31-52(56(46)60)58-48-19-11-7-15-40(48)41-16-8-12-20-49(41)58)62-38(5)33-39(6)63-55-26-24-35(2)28-45(55)47-30-37(4)32-53(57(47)61)59-50-21-13-9-17-42(50)43-18-10-14-22-51(43)59;;;1-4(2)3;/h2*7-32,38-39,60-61H,33H2,1-6H3;2*1H3;;/q;;2*-1;;+2/t2*38-,39+;;;;. The Kier molecular flexibility index (Phi) is 29.8. The van der Waals surface area contributed by atoms with Gasteiger partial charge in [-0.25, -0.2) is 0 Å². The molecule has 12 nitrogen and oxygen atoms in total. The van der Waals surface area contributed by atoms with Gasteiger partial charge in [0.05, 0.1) is 91.3 Å². The first-order valence-corrected chi connectivity index (χ1v) is 62.8. The summed E-state index contributed by atoms with van der Waals surface area (Å²) in [7, 11) is -0.353. The van der Waals surface area contributed by atoms with Gasteiger partial charge in [0.1, 0.15) is 46.0 Å². The minimum Gasteiger partial charge on any atom is -0.358 e. The third-order valence-electron chi connectivity index (χ3n) is 24.6. The molecule has 0 unspecified atom stereocenters. The quantitative estimate of drug-likeness (QED) is 0.0437. The first kappa shape index (κ1) is 96.5. The monoisotopic (exact) mass is 2280 g/mol. The molecule has 0 saturated carbocycles. The van der Waals surface area contributed by atoms with E-state index in [1.165, 1.54) is 0 Å². The van der Waals surface area contributed by atoms with Gasteiger partial charge in [-0.2, -0.15) is 0 Å². The van der Waals surface area contributed by atoms with Crippen molar-refractivity contribution < 1.29 is 65.6 Å². The van der Waals surface area contributed by atoms with Crippen LogP contribution in [0.3, 0.4) is 0 Å². The predicted molar refractivity (Wildman–Crippen MR) is 588 cm³/mol. The molecule has 0 radical (unpaired) electrons. The summed E-state index contributed by atoms with van der Waals surface area (Å²) in [6.45, 7) is 24.8. The van der Waals surface area contributed by atoms with Gasteiger partial charge in [0.15, 0.2) is 0 Å². The van der Waals surface area contributed by atoms with E-state index >= 15 is 0 Å². The van der Waals surface area contributed by atoms with Crippen molar-refractivity contribution in [3.05, 3.63) is 375 Å². The second kappa shape index (κ2) is 41.0. The van der Waals surface area contributed by atoms with Crippen LogP contribution in [0.25, 0.3) is 154 Å². The molecule has 0 bridgehead atoms. The Morgan fingerprint density at radius 3 is 0.549 bits per heavy atom. The minimum absolute atomic E-state index is 0. The normalized spacial score (nSPS) is 12.3. The number of hydrogen-bond acceptors (Lipinski definition) is 8. The summed E-state index contributed by atoms with van der Waals surface area (Å²) in [6, 6.07) is 108. The molecule has 0 aliphatic heterocycles. The topological polar surface area (TPSA) is 138 Å². The Labute approximate surface area is 834 Å². The van der Waals surface area contributed by atoms with Crippen molar-refractivity contribution in [3.63, 3.8) is 0 Å². The van der Waals surface area contributed by atoms with Gasteiger partial charge in [0.2, 0.25) is 0 Å². The number of phenols is 4. The number of aryl methyl sites for hydroxylation is 8. The second-order valence-electron chi connectivity index (χ2n) is 34.5. The van der Waals surface area contributed by atoms with E-state index in [0.29, 0.717) is 58.1 Å². The number of para-hydroxylation sites is 8. The molecule has 0 amide bonds. The van der Waals surface area contributed by atoms with E-state index in [0.717, 1.165) is 177 Å². The van der Waals surface area contributed by atoms with E-state index in [-0.39, 0.29) is 96.4 Å². The molecule has 17 heteroatoms. The number of ether oxygens (including phenoxy) is 4. The number of benzene rings is 16. The zero-order chi connectivity index (χ0) is 90.6. The Morgan fingerprint density at radius 2 is 0.383 bits per heavy atom. The van der Waals surface area contributed by atoms with E-state index in [4.69, 9.17) is 18.9 Å². The van der Waals surface area contributed by atoms with Gasteiger partial charge in [-0.1, -0.05) is 192 Å². The fourth-order valence-corrected chi connectivity index (χ4v) is 19.1. The van der Waals surface area contributed by atoms with Crippen LogP contribution in [0.15, 0.2) is 315 Å². The summed E-state index contributed by atoms with van der Waals surface area (Å²) in [5, 5.41) is 58.1. The van der Waals surface area contributed by atoms with Crippen LogP contribution in [-0.4, -0.2) is 63.1 Å². The molecule has 20 rings (SSSR count). The average Bonchev–Trinajstić information content (AvgIpc) is 1.57. The Hall–Kier alpha value is -11.1. The van der Waals surface area contributed by atoms with Crippen molar-refractivity contribution in [1.82, 2.24) is 18.3 Å². The molecule has 0 fully saturated rings. The van der Waals surface area contributed by atoms with Crippen molar-refractivity contribution in [2.45, 2.75) is 120 Å². The SMILES string of the molecule is Cc1ccc(O[C@H](C)C[C@H](C)Oc2ccc(C)cc2-c2cc(C)cc(-n3c4ccccc4c4ccccc43)c2O)c(-c2cc(C)cc(-n3c4ccccc4c4ccccc43)c2O)c1.Cc1ccc(O[C@H](C)C[C@H](C)Oc2ccc(C)cc2-c2cc(C)cc(-n3c4ccccc4c4ccccc43)c2O)c(-c2cc(C)cc(-n3c4ccccc4c4ccccc43)c2O)c1.II(I)I.[CH3-].[CH3-].[Zr+2]. The molecule has 4 aromatic heterocycles. The molecule has 133 heavy (non-hydrogen) atoms. The molecule has 0 saturated heterocycles. The molecule has 16 aromatic carbocycles. The van der Waals surface area contributed by atoms with E-state index in [2.05, 4.69) is 351 Å². The van der Waals surface area contributed by atoms with E-state index in [1.807, 2.05) is 121 Å². The van der Waals surface area contributed by atoms with Gasteiger partial charge in [0, 0.05) is 100 Å². The molecule has 0 spiro atoms. The van der Waals surface area contributed by atoms with E-state index in [1.54, 1.807) is 0 Å². The van der Waals surface area contributed by atoms with Crippen LogP contribution in [-0.2, 0) is 26.2 Å². The van der Waals surface area contributed by atoms with Crippen molar-refractivity contribution >= 4 is 151 Å². The number of nitrogens with zero attached hydrogens (tertiary/aromatic N) is 4. The summed E-state index contributed by atoms with van der Waals surface area (Å²) >= 11 is 7.42. The smallest absolute Gasteiger partial charge is 0.358 e. The third kappa shape index (κ3) is 19.4. The van der Waals surface area contributed by atoms with Gasteiger partial charge < -0.3 is 72.5 Å². The second-order valence-corrected chi connectivity index (χ2v) is 83.3. The number of aromatic nitrogens is 4. The van der Waals surface area contributed by atoms with Crippen LogP contribution in [0.2, 0.25) is 0 Å². The first-order valence-electron chi connectivity index (χ1n) is 43.9. The molecule has 4 atom stereocenters. The maximum atomic E-state index is 12.2. The molecule has 0 aliphatic rings. The Balaban J connectivity index is 0.000000191. The third-order valence-corrected chi connectivity index (χ3v) is 24.6. The van der Waals surface area contributed by atoms with Crippen LogP contribution in [0, 0.1) is 70.2 Å². The summed E-state index contributed by atoms with van der Waals surface area (Å²) in [6.07, 6.45) is 0.197. The first-order chi connectivity index (χ1) is 62.8. The van der Waals surface area contributed by atoms with Gasteiger partial charge in [-0.3, -0.25) is 0 Å². The molecular formula is C116H106I4N4O8Zr. The largest absolute Gasteiger partial charge is 2.00 e. The van der Waals surface area contributed by atoms with Crippen LogP contribution >= 0.6 is 63.7 Å². The van der Waals surface area contributed by atoms with Crippen LogP contribution in [0.1, 0.15) is 85.0 Å². The van der Waals surface area contributed by atoms with Gasteiger partial charge in [-0.15, -0.1) is 0 Å². The number of fused-ring (bicyclic) bond motifs is 12.